The highest BCUT2D eigenvalue weighted by Crippen LogP contribution is 2.57. The quantitative estimate of drug-likeness (QED) is 0.414. The van der Waals surface area contributed by atoms with E-state index in [-0.39, 0.29) is 5.37 Å². The number of fused-ring (bicyclic) bond motifs is 1. The van der Waals surface area contributed by atoms with E-state index in [2.05, 4.69) is 79.5 Å². The van der Waals surface area contributed by atoms with E-state index in [0.717, 1.165) is 29.6 Å². The molecular formula is C24H25N2S+. The van der Waals surface area contributed by atoms with Gasteiger partial charge in [0.1, 0.15) is 0 Å². The molecule has 0 aromatic heterocycles. The van der Waals surface area contributed by atoms with E-state index in [9.17, 15) is 0 Å². The minimum atomic E-state index is 0.205. The molecule has 0 bridgehead atoms. The number of benzene rings is 3. The Hall–Kier alpha value is -2.49. The number of rotatable bonds is 6. The van der Waals surface area contributed by atoms with Crippen molar-refractivity contribution < 1.29 is 0 Å². The Balaban J connectivity index is 1.69. The fourth-order valence-electron chi connectivity index (χ4n) is 4.00. The van der Waals surface area contributed by atoms with Gasteiger partial charge >= 0.3 is 0 Å². The average molecular weight is 374 g/mol. The molecule has 2 N–H and O–H groups in total. The van der Waals surface area contributed by atoms with Crippen LogP contribution in [0.1, 0.15) is 22.9 Å². The van der Waals surface area contributed by atoms with Gasteiger partial charge in [-0.1, -0.05) is 72.4 Å². The van der Waals surface area contributed by atoms with Crippen LogP contribution in [-0.2, 0) is 6.42 Å². The molecule has 1 aliphatic rings. The summed E-state index contributed by atoms with van der Waals surface area (Å²) in [4.78, 5) is 1.32. The van der Waals surface area contributed by atoms with E-state index in [1.54, 1.807) is 0 Å². The fraction of sp³-hybridized carbons (Fsp3) is 0.167. The molecular weight excluding hydrogens is 348 g/mol. The number of hydrogen-bond donors (Lipinski definition) is 1. The molecule has 2 nitrogen and oxygen atoms in total. The summed E-state index contributed by atoms with van der Waals surface area (Å²) in [5.41, 5.74) is 11.1. The standard InChI is InChI=1S/C24H25N2S/c1-2-26(18-10-13-19-11-4-3-5-12-19)22-16-8-9-17-23(22)27-24(26)20-14-6-7-15-21(20)25/h2-9,11-12,14-17,24H,1,10,13,18,25H2/q+1. The van der Waals surface area contributed by atoms with Crippen molar-refractivity contribution >= 4 is 23.1 Å². The summed E-state index contributed by atoms with van der Waals surface area (Å²) >= 11 is 1.90. The molecule has 3 aromatic carbocycles. The van der Waals surface area contributed by atoms with Gasteiger partial charge < -0.3 is 5.73 Å². The first-order valence-electron chi connectivity index (χ1n) is 9.40. The number of quaternary nitrogens is 1. The van der Waals surface area contributed by atoms with Crippen LogP contribution in [0.25, 0.3) is 0 Å². The van der Waals surface area contributed by atoms with Crippen molar-refractivity contribution in [2.75, 3.05) is 12.3 Å². The van der Waals surface area contributed by atoms with Gasteiger partial charge in [0.15, 0.2) is 11.1 Å². The fourth-order valence-corrected chi connectivity index (χ4v) is 5.59. The number of para-hydroxylation sites is 2. The molecule has 0 radical (unpaired) electrons. The topological polar surface area (TPSA) is 26.0 Å². The van der Waals surface area contributed by atoms with Gasteiger partial charge in [-0.15, -0.1) is 0 Å². The third kappa shape index (κ3) is 3.29. The number of aryl methyl sites for hydroxylation is 1. The second-order valence-corrected chi connectivity index (χ2v) is 8.11. The van der Waals surface area contributed by atoms with Gasteiger partial charge in [0, 0.05) is 23.7 Å². The van der Waals surface area contributed by atoms with Crippen molar-refractivity contribution in [2.24, 2.45) is 0 Å². The summed E-state index contributed by atoms with van der Waals surface area (Å²) in [6.45, 7) is 5.26. The third-order valence-electron chi connectivity index (χ3n) is 5.40. The number of nitrogens with two attached hydrogens (primary N) is 1. The third-order valence-corrected chi connectivity index (χ3v) is 6.85. The van der Waals surface area contributed by atoms with Gasteiger partial charge in [-0.2, -0.15) is 0 Å². The largest absolute Gasteiger partial charge is 0.398 e. The summed E-state index contributed by atoms with van der Waals surface area (Å²) in [5, 5.41) is 0.205. The van der Waals surface area contributed by atoms with Crippen LogP contribution >= 0.6 is 11.8 Å². The average Bonchev–Trinajstić information content (AvgIpc) is 3.04. The first-order chi connectivity index (χ1) is 13.2. The van der Waals surface area contributed by atoms with Crippen molar-refractivity contribution in [3.8, 4) is 0 Å². The second kappa shape index (κ2) is 7.63. The number of anilines is 1. The molecule has 1 heterocycles. The molecule has 136 valence electrons. The van der Waals surface area contributed by atoms with E-state index in [1.165, 1.54) is 21.7 Å². The van der Waals surface area contributed by atoms with Crippen molar-refractivity contribution in [3.05, 3.63) is 103 Å². The molecule has 2 atom stereocenters. The van der Waals surface area contributed by atoms with Gasteiger partial charge in [0.05, 0.1) is 17.6 Å². The highest BCUT2D eigenvalue weighted by molar-refractivity contribution is 8.00. The minimum Gasteiger partial charge on any atom is -0.398 e. The molecule has 27 heavy (non-hydrogen) atoms. The predicted octanol–water partition coefficient (Wildman–Crippen LogP) is 6.16. The van der Waals surface area contributed by atoms with Crippen LogP contribution in [0.2, 0.25) is 0 Å². The Morgan fingerprint density at radius 2 is 1.63 bits per heavy atom. The first-order valence-corrected chi connectivity index (χ1v) is 10.3. The summed E-state index contributed by atoms with van der Waals surface area (Å²) in [6.07, 6.45) is 4.27. The maximum atomic E-state index is 6.37. The SMILES string of the molecule is C=C[N+]1(CCCc2ccccc2)c2ccccc2SC1c1ccccc1N. The normalized spacial score (nSPS) is 21.0. The smallest absolute Gasteiger partial charge is 0.177 e. The lowest BCUT2D eigenvalue weighted by atomic mass is 10.1. The molecule has 4 rings (SSSR count). The maximum Gasteiger partial charge on any atom is 0.177 e. The van der Waals surface area contributed by atoms with Crippen LogP contribution in [-0.4, -0.2) is 6.54 Å². The molecule has 0 fully saturated rings. The van der Waals surface area contributed by atoms with E-state index in [4.69, 9.17) is 5.73 Å². The van der Waals surface area contributed by atoms with Gasteiger partial charge in [0.2, 0.25) is 0 Å². The zero-order valence-corrected chi connectivity index (χ0v) is 16.2. The Morgan fingerprint density at radius 3 is 2.41 bits per heavy atom. The summed E-state index contributed by atoms with van der Waals surface area (Å²) in [6, 6.07) is 27.7. The Kier molecular flexibility index (Phi) is 5.06. The molecule has 0 saturated carbocycles. The zero-order valence-electron chi connectivity index (χ0n) is 15.4. The molecule has 0 saturated heterocycles. The van der Waals surface area contributed by atoms with E-state index < -0.39 is 0 Å². The summed E-state index contributed by atoms with van der Waals surface area (Å²) in [5.74, 6) is 0. The van der Waals surface area contributed by atoms with Crippen LogP contribution < -0.4 is 10.2 Å². The van der Waals surface area contributed by atoms with Crippen LogP contribution in [0.15, 0.2) is 96.5 Å². The molecule has 1 aliphatic heterocycles. The summed E-state index contributed by atoms with van der Waals surface area (Å²) < 4.78 is 0.738. The Bertz CT molecular complexity index is 938. The lowest BCUT2D eigenvalue weighted by Crippen LogP contribution is -2.44. The van der Waals surface area contributed by atoms with Crippen molar-refractivity contribution in [1.82, 2.24) is 4.48 Å². The van der Waals surface area contributed by atoms with E-state index in [1.807, 2.05) is 23.9 Å². The number of nitrogens with zero attached hydrogens (tertiary/aromatic N) is 1. The van der Waals surface area contributed by atoms with Crippen LogP contribution in [0.3, 0.4) is 0 Å². The maximum absolute atomic E-state index is 6.37. The molecule has 2 unspecified atom stereocenters. The van der Waals surface area contributed by atoms with Crippen LogP contribution in [0.4, 0.5) is 11.4 Å². The zero-order chi connectivity index (χ0) is 18.7. The molecule has 0 spiro atoms. The highest BCUT2D eigenvalue weighted by atomic mass is 32.2. The molecule has 3 heteroatoms. The van der Waals surface area contributed by atoms with Gasteiger partial charge in [-0.25, -0.2) is 4.48 Å². The van der Waals surface area contributed by atoms with E-state index >= 15 is 0 Å². The van der Waals surface area contributed by atoms with E-state index in [0.29, 0.717) is 0 Å². The molecule has 0 amide bonds. The number of nitrogen functional groups attached to an aromatic ring is 1. The van der Waals surface area contributed by atoms with Crippen LogP contribution in [0, 0.1) is 0 Å². The summed E-state index contributed by atoms with van der Waals surface area (Å²) in [7, 11) is 0. The number of thioether (sulfide) groups is 1. The molecule has 3 aromatic rings. The predicted molar refractivity (Wildman–Crippen MR) is 118 cm³/mol. The number of hydrogen-bond acceptors (Lipinski definition) is 2. The molecule has 0 aliphatic carbocycles. The van der Waals surface area contributed by atoms with Crippen LogP contribution in [0.5, 0.6) is 0 Å². The lowest BCUT2D eigenvalue weighted by molar-refractivity contribution is 0.354. The van der Waals surface area contributed by atoms with Gasteiger partial charge in [-0.3, -0.25) is 0 Å². The second-order valence-electron chi connectivity index (χ2n) is 6.99. The monoisotopic (exact) mass is 373 g/mol. The first kappa shape index (κ1) is 17.9. The van der Waals surface area contributed by atoms with Gasteiger partial charge in [0.25, 0.3) is 0 Å². The Morgan fingerprint density at radius 1 is 0.926 bits per heavy atom. The lowest BCUT2D eigenvalue weighted by Gasteiger charge is -2.36. The van der Waals surface area contributed by atoms with Crippen molar-refractivity contribution in [3.63, 3.8) is 0 Å². The Labute approximate surface area is 165 Å². The van der Waals surface area contributed by atoms with Crippen molar-refractivity contribution in [1.29, 1.82) is 0 Å². The minimum absolute atomic E-state index is 0.205. The van der Waals surface area contributed by atoms with Crippen molar-refractivity contribution in [2.45, 2.75) is 23.1 Å². The highest BCUT2D eigenvalue weighted by Gasteiger charge is 2.47. The van der Waals surface area contributed by atoms with Gasteiger partial charge in [-0.05, 0) is 30.7 Å².